The summed E-state index contributed by atoms with van der Waals surface area (Å²) < 4.78 is 0.769. The summed E-state index contributed by atoms with van der Waals surface area (Å²) in [5, 5.41) is 10.9. The smallest absolute Gasteiger partial charge is 0.269 e. The number of benzene rings is 1. The Kier molecular flexibility index (Phi) is 5.19. The van der Waals surface area contributed by atoms with Crippen LogP contribution < -0.4 is 4.90 Å². The summed E-state index contributed by atoms with van der Waals surface area (Å²) in [6.45, 7) is 0. The number of nitrogens with zero attached hydrogens (tertiary/aromatic N) is 3. The first kappa shape index (κ1) is 18.7. The number of pyridine rings is 1. The molecule has 1 aromatic heterocycles. The van der Waals surface area contributed by atoms with Crippen molar-refractivity contribution in [3.8, 4) is 0 Å². The van der Waals surface area contributed by atoms with Gasteiger partial charge in [-0.2, -0.15) is 0 Å². The Hall–Kier alpha value is -2.65. The molecule has 0 bridgehead atoms. The molecule has 1 atom stereocenters. The van der Waals surface area contributed by atoms with Crippen molar-refractivity contribution < 1.29 is 14.5 Å². The van der Waals surface area contributed by atoms with E-state index < -0.39 is 11.0 Å². The highest BCUT2D eigenvalue weighted by Crippen LogP contribution is 2.43. The van der Waals surface area contributed by atoms with E-state index >= 15 is 0 Å². The zero-order valence-corrected chi connectivity index (χ0v) is 16.2. The lowest BCUT2D eigenvalue weighted by atomic mass is 10.0. The highest BCUT2D eigenvalue weighted by Gasteiger charge is 2.46. The Morgan fingerprint density at radius 3 is 2.43 bits per heavy atom. The molecule has 3 heterocycles. The summed E-state index contributed by atoms with van der Waals surface area (Å²) in [6, 6.07) is 10.4. The maximum atomic E-state index is 13.2. The third-order valence-electron chi connectivity index (χ3n) is 4.51. The van der Waals surface area contributed by atoms with Crippen LogP contribution in [-0.2, 0) is 16.0 Å². The maximum Gasteiger partial charge on any atom is 0.269 e. The molecule has 4 rings (SSSR count). The molecule has 9 heteroatoms. The number of aromatic nitrogens is 1. The van der Waals surface area contributed by atoms with E-state index in [1.54, 1.807) is 12.3 Å². The minimum Gasteiger partial charge on any atom is -0.297 e. The number of hydrogen-bond donors (Lipinski definition) is 0. The number of thioether (sulfide) groups is 2. The van der Waals surface area contributed by atoms with Crippen LogP contribution in [0, 0.1) is 10.1 Å². The van der Waals surface area contributed by atoms with Crippen LogP contribution in [0.1, 0.15) is 5.69 Å². The number of carbonyl (C=O) groups is 2. The van der Waals surface area contributed by atoms with Gasteiger partial charge in [0.2, 0.25) is 0 Å². The van der Waals surface area contributed by atoms with Gasteiger partial charge >= 0.3 is 0 Å². The molecule has 0 aliphatic carbocycles. The number of amides is 1. The van der Waals surface area contributed by atoms with Crippen LogP contribution in [0.25, 0.3) is 0 Å². The summed E-state index contributed by atoms with van der Waals surface area (Å²) in [5.74, 6) is 1.17. The van der Waals surface area contributed by atoms with Crippen LogP contribution in [-0.4, -0.2) is 39.1 Å². The molecule has 2 saturated heterocycles. The zero-order valence-electron chi connectivity index (χ0n) is 14.6. The van der Waals surface area contributed by atoms with Gasteiger partial charge in [0, 0.05) is 47.6 Å². The average Bonchev–Trinajstić information content (AvgIpc) is 3.30. The number of nitro benzene ring substituents is 1. The SMILES string of the molecule is O=C1C(=C2SCCS2)C(=O)N(c2ccc([N+](=O)[O-])cc2)C1Cc1ccccn1. The van der Waals surface area contributed by atoms with Gasteiger partial charge in [0.1, 0.15) is 11.6 Å². The van der Waals surface area contributed by atoms with Gasteiger partial charge in [-0.1, -0.05) is 6.07 Å². The van der Waals surface area contributed by atoms with Crippen molar-refractivity contribution >= 4 is 46.6 Å². The molecule has 1 aromatic carbocycles. The third-order valence-corrected chi connectivity index (χ3v) is 7.23. The monoisotopic (exact) mass is 413 g/mol. The van der Waals surface area contributed by atoms with Crippen LogP contribution in [0.2, 0.25) is 0 Å². The van der Waals surface area contributed by atoms with Gasteiger partial charge in [-0.3, -0.25) is 29.6 Å². The first-order chi connectivity index (χ1) is 13.6. The summed E-state index contributed by atoms with van der Waals surface area (Å²) in [7, 11) is 0. The van der Waals surface area contributed by atoms with E-state index in [0.717, 1.165) is 15.7 Å². The Morgan fingerprint density at radius 1 is 1.11 bits per heavy atom. The number of non-ortho nitro benzene ring substituents is 1. The van der Waals surface area contributed by atoms with E-state index in [1.165, 1.54) is 52.7 Å². The predicted molar refractivity (Wildman–Crippen MR) is 109 cm³/mol. The van der Waals surface area contributed by atoms with Crippen molar-refractivity contribution in [2.75, 3.05) is 16.4 Å². The van der Waals surface area contributed by atoms with E-state index in [0.29, 0.717) is 11.4 Å². The number of rotatable bonds is 4. The quantitative estimate of drug-likeness (QED) is 0.329. The lowest BCUT2D eigenvalue weighted by Crippen LogP contribution is -2.37. The Bertz CT molecular complexity index is 968. The van der Waals surface area contributed by atoms with Gasteiger partial charge in [-0.25, -0.2) is 0 Å². The van der Waals surface area contributed by atoms with E-state index in [2.05, 4.69) is 4.98 Å². The second-order valence-corrected chi connectivity index (χ2v) is 8.68. The lowest BCUT2D eigenvalue weighted by Gasteiger charge is -2.22. The minimum absolute atomic E-state index is 0.0662. The Balaban J connectivity index is 1.75. The fourth-order valence-electron chi connectivity index (χ4n) is 3.23. The van der Waals surface area contributed by atoms with Crippen molar-refractivity contribution in [2.24, 2.45) is 0 Å². The number of Topliss-reactive ketones (excluding diaryl/α,β-unsaturated/α-hetero) is 1. The number of carbonyl (C=O) groups excluding carboxylic acids is 2. The molecule has 1 unspecified atom stereocenters. The molecule has 28 heavy (non-hydrogen) atoms. The molecular weight excluding hydrogens is 398 g/mol. The molecule has 0 spiro atoms. The van der Waals surface area contributed by atoms with E-state index in [9.17, 15) is 19.7 Å². The first-order valence-corrected chi connectivity index (χ1v) is 10.6. The van der Waals surface area contributed by atoms with Crippen molar-refractivity contribution in [3.05, 3.63) is 74.3 Å². The van der Waals surface area contributed by atoms with Gasteiger partial charge < -0.3 is 0 Å². The largest absolute Gasteiger partial charge is 0.297 e. The number of anilines is 1. The highest BCUT2D eigenvalue weighted by molar-refractivity contribution is 8.25. The van der Waals surface area contributed by atoms with Crippen molar-refractivity contribution in [1.82, 2.24) is 4.98 Å². The topological polar surface area (TPSA) is 93.4 Å². The molecule has 142 valence electrons. The second-order valence-electron chi connectivity index (χ2n) is 6.21. The zero-order chi connectivity index (χ0) is 19.7. The van der Waals surface area contributed by atoms with Gasteiger partial charge in [-0.05, 0) is 24.3 Å². The predicted octanol–water partition coefficient (Wildman–Crippen LogP) is 3.21. The van der Waals surface area contributed by atoms with Crippen molar-refractivity contribution in [3.63, 3.8) is 0 Å². The first-order valence-electron chi connectivity index (χ1n) is 8.58. The van der Waals surface area contributed by atoms with Crippen LogP contribution in [0.5, 0.6) is 0 Å². The van der Waals surface area contributed by atoms with Crippen molar-refractivity contribution in [1.29, 1.82) is 0 Å². The Labute approximate surface area is 169 Å². The van der Waals surface area contributed by atoms with E-state index in [1.807, 2.05) is 12.1 Å². The summed E-state index contributed by atoms with van der Waals surface area (Å²) >= 11 is 3.06. The van der Waals surface area contributed by atoms with E-state index in [4.69, 9.17) is 0 Å². The number of nitro groups is 1. The summed E-state index contributed by atoms with van der Waals surface area (Å²) in [6.07, 6.45) is 1.93. The molecule has 2 fully saturated rings. The molecule has 0 radical (unpaired) electrons. The van der Waals surface area contributed by atoms with Gasteiger partial charge in [-0.15, -0.1) is 23.5 Å². The van der Waals surface area contributed by atoms with Gasteiger partial charge in [0.25, 0.3) is 11.6 Å². The number of hydrogen-bond acceptors (Lipinski definition) is 7. The molecular formula is C19H15N3O4S2. The number of ketones is 1. The molecule has 2 aliphatic heterocycles. The molecule has 0 saturated carbocycles. The third kappa shape index (κ3) is 3.43. The maximum absolute atomic E-state index is 13.2. The fraction of sp³-hybridized carbons (Fsp3) is 0.211. The molecule has 2 aromatic rings. The van der Waals surface area contributed by atoms with Gasteiger partial charge in [0.05, 0.1) is 9.16 Å². The molecule has 0 N–H and O–H groups in total. The van der Waals surface area contributed by atoms with Crippen molar-refractivity contribution in [2.45, 2.75) is 12.5 Å². The average molecular weight is 413 g/mol. The van der Waals surface area contributed by atoms with Crippen LogP contribution in [0.15, 0.2) is 58.5 Å². The summed E-state index contributed by atoms with van der Waals surface area (Å²) in [5.41, 5.74) is 1.34. The fourth-order valence-corrected chi connectivity index (χ4v) is 5.76. The Morgan fingerprint density at radius 2 is 1.82 bits per heavy atom. The lowest BCUT2D eigenvalue weighted by molar-refractivity contribution is -0.384. The van der Waals surface area contributed by atoms with Gasteiger partial charge in [0.15, 0.2) is 5.78 Å². The molecule has 7 nitrogen and oxygen atoms in total. The summed E-state index contributed by atoms with van der Waals surface area (Å²) in [4.78, 5) is 42.5. The second kappa shape index (κ2) is 7.76. The minimum atomic E-state index is -0.715. The van der Waals surface area contributed by atoms with Crippen LogP contribution in [0.4, 0.5) is 11.4 Å². The molecule has 1 amide bonds. The molecule has 2 aliphatic rings. The standard InChI is InChI=1S/C19H15N3O4S2/c23-17-15(11-12-3-1-2-8-20-12)21(13-4-6-14(7-5-13)22(25)26)18(24)16(17)19-27-9-10-28-19/h1-8,15H,9-11H2. The highest BCUT2D eigenvalue weighted by atomic mass is 32.2. The van der Waals surface area contributed by atoms with Crippen LogP contribution >= 0.6 is 23.5 Å². The van der Waals surface area contributed by atoms with E-state index in [-0.39, 0.29) is 29.4 Å². The normalized spacial score (nSPS) is 19.6. The van der Waals surface area contributed by atoms with Crippen LogP contribution in [0.3, 0.4) is 0 Å².